The second kappa shape index (κ2) is 11.6. The van der Waals surface area contributed by atoms with Gasteiger partial charge in [0.1, 0.15) is 11.2 Å². The molecule has 0 atom stereocenters. The van der Waals surface area contributed by atoms with Crippen molar-refractivity contribution in [2.24, 2.45) is 0 Å². The van der Waals surface area contributed by atoms with Crippen LogP contribution in [0.5, 0.6) is 0 Å². The highest BCUT2D eigenvalue weighted by Crippen LogP contribution is 2.43. The van der Waals surface area contributed by atoms with Crippen LogP contribution in [0.25, 0.3) is 98.5 Å². The molecular weight excluding hydrogens is 631 g/mol. The lowest BCUT2D eigenvalue weighted by Gasteiger charge is -2.09. The second-order valence-corrected chi connectivity index (χ2v) is 13.5. The molecule has 234 valence electrons. The number of hydrogen-bond donors (Lipinski definition) is 0. The number of benzene rings is 7. The van der Waals surface area contributed by atoms with E-state index in [0.29, 0.717) is 17.5 Å². The van der Waals surface area contributed by atoms with Crippen molar-refractivity contribution in [1.29, 1.82) is 0 Å². The molecule has 0 amide bonds. The van der Waals surface area contributed by atoms with Crippen LogP contribution in [0.3, 0.4) is 0 Å². The van der Waals surface area contributed by atoms with Gasteiger partial charge in [0.2, 0.25) is 0 Å². The lowest BCUT2D eigenvalue weighted by molar-refractivity contribution is 0.670. The molecule has 0 fully saturated rings. The van der Waals surface area contributed by atoms with Crippen molar-refractivity contribution in [3.8, 4) is 56.4 Å². The van der Waals surface area contributed by atoms with Gasteiger partial charge in [-0.3, -0.25) is 0 Å². The third-order valence-corrected chi connectivity index (χ3v) is 10.4. The minimum absolute atomic E-state index is 0.655. The van der Waals surface area contributed by atoms with Crippen LogP contribution in [0, 0.1) is 0 Å². The van der Waals surface area contributed by atoms with Crippen LogP contribution < -0.4 is 0 Å². The molecule has 0 spiro atoms. The maximum absolute atomic E-state index is 6.53. The summed E-state index contributed by atoms with van der Waals surface area (Å²) >= 11 is 1.79. The molecule has 10 aromatic rings. The first-order valence-corrected chi connectivity index (χ1v) is 17.4. The molecule has 5 heteroatoms. The number of hydrogen-bond acceptors (Lipinski definition) is 5. The fourth-order valence-electron chi connectivity index (χ4n) is 6.86. The molecule has 3 aromatic heterocycles. The summed E-state index contributed by atoms with van der Waals surface area (Å²) in [6, 6.07) is 56.9. The van der Waals surface area contributed by atoms with Crippen molar-refractivity contribution in [3.05, 3.63) is 164 Å². The zero-order chi connectivity index (χ0) is 33.0. The average molecular weight is 658 g/mol. The molecule has 0 aliphatic heterocycles. The largest absolute Gasteiger partial charge is 0.455 e. The summed E-state index contributed by atoms with van der Waals surface area (Å²) in [7, 11) is 0. The van der Waals surface area contributed by atoms with E-state index in [0.717, 1.165) is 49.8 Å². The summed E-state index contributed by atoms with van der Waals surface area (Å²) in [4.78, 5) is 14.8. The predicted molar refractivity (Wildman–Crippen MR) is 207 cm³/mol. The van der Waals surface area contributed by atoms with Crippen LogP contribution in [0.15, 0.2) is 168 Å². The molecule has 0 saturated heterocycles. The van der Waals surface area contributed by atoms with Crippen LogP contribution >= 0.6 is 11.3 Å². The Kier molecular flexibility index (Phi) is 6.64. The van der Waals surface area contributed by atoms with Crippen LogP contribution in [0.1, 0.15) is 0 Å². The first-order valence-electron chi connectivity index (χ1n) is 16.6. The van der Waals surface area contributed by atoms with E-state index in [1.54, 1.807) is 11.3 Å². The molecule has 10 rings (SSSR count). The van der Waals surface area contributed by atoms with Gasteiger partial charge in [-0.25, -0.2) is 15.0 Å². The van der Waals surface area contributed by atoms with E-state index in [9.17, 15) is 0 Å². The molecule has 0 aliphatic rings. The molecule has 0 radical (unpaired) electrons. The lowest BCUT2D eigenvalue weighted by Crippen LogP contribution is -1.99. The van der Waals surface area contributed by atoms with Crippen molar-refractivity contribution >= 4 is 53.4 Å². The Morgan fingerprint density at radius 1 is 0.360 bits per heavy atom. The number of furan rings is 1. The molecule has 0 saturated carbocycles. The normalized spacial score (nSPS) is 11.6. The number of rotatable bonds is 5. The summed E-state index contributed by atoms with van der Waals surface area (Å²) < 4.78 is 8.93. The maximum atomic E-state index is 6.53. The van der Waals surface area contributed by atoms with E-state index in [1.165, 1.54) is 31.3 Å². The standard InChI is InChI=1S/C45H27N3OS/c1-4-12-28(13-5-1)33-24-37(42-38(25-33)34-18-10-11-19-39(34)49-42)31-20-22-35-36-23-21-32(27-41(36)50-40(35)26-31)45-47-43(29-14-6-2-7-15-29)46-44(48-45)30-16-8-3-9-17-30/h1-27H. The van der Waals surface area contributed by atoms with Gasteiger partial charge in [0.25, 0.3) is 0 Å². The van der Waals surface area contributed by atoms with Crippen LogP contribution in [0.4, 0.5) is 0 Å². The van der Waals surface area contributed by atoms with Gasteiger partial charge in [-0.05, 0) is 47.0 Å². The predicted octanol–water partition coefficient (Wildman–Crippen LogP) is 12.5. The highest BCUT2D eigenvalue weighted by Gasteiger charge is 2.17. The van der Waals surface area contributed by atoms with E-state index in [-0.39, 0.29) is 0 Å². The lowest BCUT2D eigenvalue weighted by atomic mass is 9.95. The summed E-state index contributed by atoms with van der Waals surface area (Å²) in [6.07, 6.45) is 0. The fraction of sp³-hybridized carbons (Fsp3) is 0. The number of fused-ring (bicyclic) bond motifs is 6. The first kappa shape index (κ1) is 28.6. The summed E-state index contributed by atoms with van der Waals surface area (Å²) in [5, 5.41) is 4.69. The molecule has 0 aliphatic carbocycles. The van der Waals surface area contributed by atoms with Crippen LogP contribution in [-0.2, 0) is 0 Å². The molecule has 0 bridgehead atoms. The van der Waals surface area contributed by atoms with Gasteiger partial charge in [-0.2, -0.15) is 0 Å². The van der Waals surface area contributed by atoms with Crippen LogP contribution in [-0.4, -0.2) is 15.0 Å². The van der Waals surface area contributed by atoms with Crippen molar-refractivity contribution in [3.63, 3.8) is 0 Å². The molecular formula is C45H27N3OS. The molecule has 0 N–H and O–H groups in total. The fourth-order valence-corrected chi connectivity index (χ4v) is 8.04. The van der Waals surface area contributed by atoms with E-state index < -0.39 is 0 Å². The third kappa shape index (κ3) is 4.87. The summed E-state index contributed by atoms with van der Waals surface area (Å²) in [6.45, 7) is 0. The number of para-hydroxylation sites is 1. The summed E-state index contributed by atoms with van der Waals surface area (Å²) in [5.74, 6) is 1.97. The van der Waals surface area contributed by atoms with Gasteiger partial charge in [-0.15, -0.1) is 11.3 Å². The molecule has 0 unspecified atom stereocenters. The maximum Gasteiger partial charge on any atom is 0.164 e. The number of thiophene rings is 1. The Balaban J connectivity index is 1.12. The topological polar surface area (TPSA) is 51.8 Å². The highest BCUT2D eigenvalue weighted by molar-refractivity contribution is 7.25. The smallest absolute Gasteiger partial charge is 0.164 e. The Morgan fingerprint density at radius 2 is 0.880 bits per heavy atom. The zero-order valence-corrected chi connectivity index (χ0v) is 27.6. The van der Waals surface area contributed by atoms with Crippen LogP contribution in [0.2, 0.25) is 0 Å². The third-order valence-electron chi connectivity index (χ3n) is 9.33. The van der Waals surface area contributed by atoms with Crippen molar-refractivity contribution in [1.82, 2.24) is 15.0 Å². The van der Waals surface area contributed by atoms with Gasteiger partial charge in [-0.1, -0.05) is 133 Å². The van der Waals surface area contributed by atoms with Crippen molar-refractivity contribution < 1.29 is 4.42 Å². The molecule has 7 aromatic carbocycles. The van der Waals surface area contributed by atoms with Crippen molar-refractivity contribution in [2.75, 3.05) is 0 Å². The Bertz CT molecular complexity index is 2800. The number of nitrogens with zero attached hydrogens (tertiary/aromatic N) is 3. The Morgan fingerprint density at radius 3 is 1.52 bits per heavy atom. The van der Waals surface area contributed by atoms with E-state index in [1.807, 2.05) is 72.8 Å². The van der Waals surface area contributed by atoms with Gasteiger partial charge >= 0.3 is 0 Å². The average Bonchev–Trinajstić information content (AvgIpc) is 3.76. The van der Waals surface area contributed by atoms with Gasteiger partial charge in [0, 0.05) is 53.2 Å². The SMILES string of the molecule is c1ccc(-c2cc(-c3ccc4c(c3)sc3cc(-c5nc(-c6ccccc6)nc(-c6ccccc6)n5)ccc34)c3oc4ccccc4c3c2)cc1. The van der Waals surface area contributed by atoms with E-state index in [2.05, 4.69) is 91.0 Å². The van der Waals surface area contributed by atoms with Gasteiger partial charge in [0.05, 0.1) is 0 Å². The van der Waals surface area contributed by atoms with Gasteiger partial charge < -0.3 is 4.42 Å². The molecule has 50 heavy (non-hydrogen) atoms. The molecule has 3 heterocycles. The Hall–Kier alpha value is -6.43. The highest BCUT2D eigenvalue weighted by atomic mass is 32.1. The first-order chi connectivity index (χ1) is 24.7. The second-order valence-electron chi connectivity index (χ2n) is 12.4. The minimum Gasteiger partial charge on any atom is -0.455 e. The van der Waals surface area contributed by atoms with Crippen molar-refractivity contribution in [2.45, 2.75) is 0 Å². The monoisotopic (exact) mass is 657 g/mol. The molecule has 4 nitrogen and oxygen atoms in total. The Labute approximate surface area is 292 Å². The minimum atomic E-state index is 0.655. The zero-order valence-electron chi connectivity index (χ0n) is 26.7. The van der Waals surface area contributed by atoms with E-state index >= 15 is 0 Å². The number of aromatic nitrogens is 3. The van der Waals surface area contributed by atoms with E-state index in [4.69, 9.17) is 19.4 Å². The quantitative estimate of drug-likeness (QED) is 0.185. The summed E-state index contributed by atoms with van der Waals surface area (Å²) in [5.41, 5.74) is 9.25. The van der Waals surface area contributed by atoms with Gasteiger partial charge in [0.15, 0.2) is 17.5 Å².